The fourth-order valence-electron chi connectivity index (χ4n) is 7.00. The average molecular weight is 737 g/mol. The van der Waals surface area contributed by atoms with E-state index in [4.69, 9.17) is 0 Å². The maximum atomic E-state index is 11.0. The second-order valence-corrected chi connectivity index (χ2v) is 20.0. The highest BCUT2D eigenvalue weighted by Crippen LogP contribution is 2.42. The van der Waals surface area contributed by atoms with Crippen molar-refractivity contribution in [1.82, 2.24) is 21.3 Å². The molecule has 2 aromatic rings. The van der Waals surface area contributed by atoms with E-state index < -0.39 is 0 Å². The Hall–Kier alpha value is -2.12. The minimum Gasteiger partial charge on any atom is -0.507 e. The van der Waals surface area contributed by atoms with Gasteiger partial charge >= 0.3 is 0 Å². The molecule has 0 fully saturated rings. The van der Waals surface area contributed by atoms with Crippen molar-refractivity contribution in [2.24, 2.45) is 0 Å². The number of hydrogen-bond acceptors (Lipinski definition) is 6. The van der Waals surface area contributed by atoms with Crippen LogP contribution in [0.2, 0.25) is 0 Å². The van der Waals surface area contributed by atoms with Gasteiger partial charge in [0.2, 0.25) is 0 Å². The summed E-state index contributed by atoms with van der Waals surface area (Å²) in [4.78, 5) is 0. The Bertz CT molecular complexity index is 1180. The van der Waals surface area contributed by atoms with Gasteiger partial charge in [0.25, 0.3) is 0 Å². The van der Waals surface area contributed by atoms with Crippen molar-refractivity contribution >= 4 is 0 Å². The monoisotopic (exact) mass is 737 g/mol. The normalized spacial score (nSPS) is 14.2. The van der Waals surface area contributed by atoms with Gasteiger partial charge in [-0.2, -0.15) is 0 Å². The van der Waals surface area contributed by atoms with E-state index in [0.29, 0.717) is 11.5 Å². The van der Waals surface area contributed by atoms with Gasteiger partial charge in [-0.3, -0.25) is 0 Å². The number of aromatic hydroxyl groups is 2. The Morgan fingerprint density at radius 1 is 0.396 bits per heavy atom. The minimum absolute atomic E-state index is 0.103. The van der Waals surface area contributed by atoms with Gasteiger partial charge < -0.3 is 31.5 Å². The van der Waals surface area contributed by atoms with Gasteiger partial charge in [0.15, 0.2) is 0 Å². The van der Waals surface area contributed by atoms with Crippen LogP contribution in [-0.4, -0.2) is 49.5 Å². The third-order valence-corrected chi connectivity index (χ3v) is 10.7. The smallest absolute Gasteiger partial charge is 0.123 e. The van der Waals surface area contributed by atoms with E-state index in [1.165, 1.54) is 56.1 Å². The lowest BCUT2D eigenvalue weighted by Crippen LogP contribution is -2.24. The molecule has 0 bridgehead atoms. The molecule has 0 heterocycles. The van der Waals surface area contributed by atoms with Crippen LogP contribution >= 0.6 is 0 Å². The number of phenolic OH excluding ortho intramolecular Hbond substituents is 2. The van der Waals surface area contributed by atoms with Crippen LogP contribution in [0.5, 0.6) is 11.5 Å². The van der Waals surface area contributed by atoms with E-state index in [1.807, 2.05) is 0 Å². The summed E-state index contributed by atoms with van der Waals surface area (Å²) >= 11 is 0. The quantitative estimate of drug-likeness (QED) is 0.0675. The van der Waals surface area contributed by atoms with Crippen LogP contribution in [0.3, 0.4) is 0 Å². The number of hydrogen-bond donors (Lipinski definition) is 6. The first-order chi connectivity index (χ1) is 24.5. The number of phenols is 2. The summed E-state index contributed by atoms with van der Waals surface area (Å²) in [5.41, 5.74) is 6.25. The van der Waals surface area contributed by atoms with Gasteiger partial charge in [-0.25, -0.2) is 0 Å². The number of nitrogens with one attached hydrogen (secondary N) is 4. The van der Waals surface area contributed by atoms with E-state index in [2.05, 4.69) is 142 Å². The van der Waals surface area contributed by atoms with Crippen LogP contribution < -0.4 is 21.3 Å². The SMILES string of the molecule is CC(NCCCCNCCCCCCCNCCCCNC(C)c1cc(C(C)(C)C)c(O)c(C(C)(C)C)c1)c1cc(C(C)(C)C)c(O)c(C(C)(C)C)c1. The van der Waals surface area contributed by atoms with Crippen molar-refractivity contribution in [1.29, 1.82) is 0 Å². The lowest BCUT2D eigenvalue weighted by atomic mass is 9.78. The van der Waals surface area contributed by atoms with Crippen LogP contribution in [0.4, 0.5) is 0 Å². The van der Waals surface area contributed by atoms with Crippen LogP contribution in [-0.2, 0) is 21.7 Å². The molecule has 0 aliphatic carbocycles. The molecule has 0 amide bonds. The Morgan fingerprint density at radius 3 is 0.887 bits per heavy atom. The van der Waals surface area contributed by atoms with Gasteiger partial charge in [0, 0.05) is 12.1 Å². The van der Waals surface area contributed by atoms with E-state index in [0.717, 1.165) is 74.4 Å². The lowest BCUT2D eigenvalue weighted by Gasteiger charge is -2.29. The Balaban J connectivity index is 1.50. The van der Waals surface area contributed by atoms with Crippen molar-refractivity contribution in [3.63, 3.8) is 0 Å². The molecule has 2 aromatic carbocycles. The zero-order valence-electron chi connectivity index (χ0n) is 37.0. The van der Waals surface area contributed by atoms with Gasteiger partial charge in [-0.05, 0) is 147 Å². The summed E-state index contributed by atoms with van der Waals surface area (Å²) in [5.74, 6) is 0.914. The van der Waals surface area contributed by atoms with Crippen LogP contribution in [0, 0.1) is 0 Å². The Kier molecular flexibility index (Phi) is 18.9. The summed E-state index contributed by atoms with van der Waals surface area (Å²) < 4.78 is 0. The number of rotatable bonds is 22. The predicted molar refractivity (Wildman–Crippen MR) is 231 cm³/mol. The molecule has 2 rings (SSSR count). The third kappa shape index (κ3) is 16.3. The fourth-order valence-corrected chi connectivity index (χ4v) is 7.00. The highest BCUT2D eigenvalue weighted by molar-refractivity contribution is 5.51. The summed E-state index contributed by atoms with van der Waals surface area (Å²) in [7, 11) is 0. The van der Waals surface area contributed by atoms with Crippen molar-refractivity contribution < 1.29 is 10.2 Å². The Morgan fingerprint density at radius 2 is 0.623 bits per heavy atom. The fraction of sp³-hybridized carbons (Fsp3) is 0.745. The highest BCUT2D eigenvalue weighted by Gasteiger charge is 2.29. The molecule has 0 radical (unpaired) electrons. The first-order valence-electron chi connectivity index (χ1n) is 21.2. The summed E-state index contributed by atoms with van der Waals surface area (Å²) in [6.07, 6.45) is 11.2. The molecular formula is C47H84N4O2. The lowest BCUT2D eigenvalue weighted by molar-refractivity contribution is 0.420. The van der Waals surface area contributed by atoms with Gasteiger partial charge in [0.1, 0.15) is 11.5 Å². The minimum atomic E-state index is -0.103. The molecule has 2 atom stereocenters. The van der Waals surface area contributed by atoms with E-state index in [-0.39, 0.29) is 33.7 Å². The summed E-state index contributed by atoms with van der Waals surface area (Å²) in [6, 6.07) is 9.31. The molecule has 0 aliphatic heterocycles. The third-order valence-electron chi connectivity index (χ3n) is 10.7. The van der Waals surface area contributed by atoms with Crippen LogP contribution in [0.15, 0.2) is 24.3 Å². The number of benzene rings is 2. The van der Waals surface area contributed by atoms with Crippen molar-refractivity contribution in [3.8, 4) is 11.5 Å². The molecule has 6 N–H and O–H groups in total. The standard InChI is InChI=1S/C47H84N4O2/c1-34(36-30-38(44(3,4)5)42(52)39(31-36)45(6,7)8)50-28-22-20-26-48-24-18-16-15-17-19-25-49-27-21-23-29-51-35(2)37-32-40(46(9,10)11)43(53)41(33-37)47(12,13)14/h30-35,48-53H,15-29H2,1-14H3. The van der Waals surface area contributed by atoms with E-state index in [9.17, 15) is 10.2 Å². The van der Waals surface area contributed by atoms with Gasteiger partial charge in [-0.1, -0.05) is 127 Å². The van der Waals surface area contributed by atoms with Gasteiger partial charge in [-0.15, -0.1) is 0 Å². The molecule has 0 saturated heterocycles. The van der Waals surface area contributed by atoms with Crippen LogP contribution in [0.1, 0.15) is 200 Å². The summed E-state index contributed by atoms with van der Waals surface area (Å²) in [5, 5.41) is 36.8. The molecule has 0 spiro atoms. The van der Waals surface area contributed by atoms with E-state index >= 15 is 0 Å². The Labute approximate surface area is 327 Å². The molecular weight excluding hydrogens is 653 g/mol. The molecule has 0 saturated carbocycles. The first kappa shape index (κ1) is 47.0. The largest absolute Gasteiger partial charge is 0.507 e. The molecule has 304 valence electrons. The first-order valence-corrected chi connectivity index (χ1v) is 21.2. The zero-order valence-corrected chi connectivity index (χ0v) is 37.0. The second-order valence-electron chi connectivity index (χ2n) is 20.0. The van der Waals surface area contributed by atoms with E-state index in [1.54, 1.807) is 0 Å². The van der Waals surface area contributed by atoms with Crippen LogP contribution in [0.25, 0.3) is 0 Å². The topological polar surface area (TPSA) is 88.6 Å². The molecule has 2 unspecified atom stereocenters. The molecule has 6 nitrogen and oxygen atoms in total. The second kappa shape index (κ2) is 21.3. The molecule has 0 aromatic heterocycles. The molecule has 53 heavy (non-hydrogen) atoms. The van der Waals surface area contributed by atoms with Crippen molar-refractivity contribution in [2.45, 2.75) is 188 Å². The maximum absolute atomic E-state index is 11.0. The average Bonchev–Trinajstić information content (AvgIpc) is 3.03. The number of unbranched alkanes of at least 4 members (excludes halogenated alkanes) is 6. The maximum Gasteiger partial charge on any atom is 0.123 e. The molecule has 6 heteroatoms. The van der Waals surface area contributed by atoms with Crippen molar-refractivity contribution in [2.75, 3.05) is 39.3 Å². The van der Waals surface area contributed by atoms with Gasteiger partial charge in [0.05, 0.1) is 0 Å². The van der Waals surface area contributed by atoms with Crippen molar-refractivity contribution in [3.05, 3.63) is 57.6 Å². The zero-order chi connectivity index (χ0) is 40.0. The summed E-state index contributed by atoms with van der Waals surface area (Å²) in [6.45, 7) is 37.0. The highest BCUT2D eigenvalue weighted by atomic mass is 16.3. The predicted octanol–water partition coefficient (Wildman–Crippen LogP) is 11.0. The molecule has 0 aliphatic rings.